The van der Waals surface area contributed by atoms with Crippen LogP contribution in [0.25, 0.3) is 11.1 Å². The zero-order valence-corrected chi connectivity index (χ0v) is 25.6. The molecule has 5 aliphatic rings. The van der Waals surface area contributed by atoms with Crippen molar-refractivity contribution in [2.24, 2.45) is 5.41 Å². The third kappa shape index (κ3) is 4.14. The molecule has 2 aliphatic carbocycles. The Bertz CT molecular complexity index is 1440. The van der Waals surface area contributed by atoms with E-state index in [0.29, 0.717) is 22.3 Å². The quantitative estimate of drug-likeness (QED) is 0.289. The number of aromatic nitrogens is 2. The van der Waals surface area contributed by atoms with Gasteiger partial charge >= 0.3 is 0 Å². The summed E-state index contributed by atoms with van der Waals surface area (Å²) < 4.78 is 7.79. The molecule has 7 rings (SSSR count). The molecule has 2 spiro atoms. The fourth-order valence-corrected chi connectivity index (χ4v) is 8.79. The van der Waals surface area contributed by atoms with Gasteiger partial charge in [-0.25, -0.2) is 0 Å². The Hall–Kier alpha value is -2.88. The van der Waals surface area contributed by atoms with Crippen molar-refractivity contribution in [1.82, 2.24) is 19.6 Å². The third-order valence-electron chi connectivity index (χ3n) is 10.9. The van der Waals surface area contributed by atoms with E-state index in [4.69, 9.17) is 32.6 Å². The number of hydrogen-bond donors (Lipinski definition) is 2. The molecule has 1 amide bonds. The molecule has 10 heteroatoms. The summed E-state index contributed by atoms with van der Waals surface area (Å²) >= 11 is 7.10. The van der Waals surface area contributed by atoms with Gasteiger partial charge in [0.15, 0.2) is 5.82 Å². The lowest BCUT2D eigenvalue weighted by molar-refractivity contribution is -0.149. The monoisotopic (exact) mass is 591 g/mol. The molecule has 42 heavy (non-hydrogen) atoms. The highest BCUT2D eigenvalue weighted by molar-refractivity contribution is 6.35. The van der Waals surface area contributed by atoms with Crippen molar-refractivity contribution < 1.29 is 9.53 Å². The first kappa shape index (κ1) is 27.9. The number of nitrogens with two attached hydrogens (primary N) is 1. The predicted molar refractivity (Wildman–Crippen MR) is 167 cm³/mol. The average molecular weight is 592 g/mol. The summed E-state index contributed by atoms with van der Waals surface area (Å²) in [5.41, 5.74) is 11.7. The molecule has 3 aliphatic heterocycles. The van der Waals surface area contributed by atoms with Crippen molar-refractivity contribution in [2.75, 3.05) is 56.6 Å². The minimum Gasteiger partial charge on any atom is -0.398 e. The number of amides is 1. The van der Waals surface area contributed by atoms with E-state index in [2.05, 4.69) is 28.0 Å². The second-order valence-electron chi connectivity index (χ2n) is 13.5. The predicted octanol–water partition coefficient (Wildman–Crippen LogP) is 4.58. The van der Waals surface area contributed by atoms with Crippen molar-refractivity contribution in [3.8, 4) is 11.1 Å². The summed E-state index contributed by atoms with van der Waals surface area (Å²) in [5, 5.41) is 14.4. The topological polar surface area (TPSA) is 104 Å². The number of nitrogen functional groups attached to an aromatic ring is 1. The van der Waals surface area contributed by atoms with Gasteiger partial charge in [0.25, 0.3) is 0 Å². The Morgan fingerprint density at radius 3 is 2.48 bits per heavy atom. The van der Waals surface area contributed by atoms with E-state index in [1.165, 1.54) is 25.1 Å². The van der Waals surface area contributed by atoms with Gasteiger partial charge in [0.1, 0.15) is 0 Å². The summed E-state index contributed by atoms with van der Waals surface area (Å²) in [4.78, 5) is 19.2. The van der Waals surface area contributed by atoms with E-state index in [1.807, 2.05) is 17.9 Å². The number of hydrogen-bond acceptors (Lipinski definition) is 7. The van der Waals surface area contributed by atoms with Gasteiger partial charge in [-0.2, -0.15) is 5.10 Å². The van der Waals surface area contributed by atoms with Gasteiger partial charge in [0.2, 0.25) is 5.91 Å². The fourth-order valence-electron chi connectivity index (χ4n) is 8.54. The first-order chi connectivity index (χ1) is 20.2. The van der Waals surface area contributed by atoms with Crippen LogP contribution in [-0.4, -0.2) is 89.2 Å². The van der Waals surface area contributed by atoms with E-state index in [-0.39, 0.29) is 22.9 Å². The molecular formula is C32H42ClN7O2. The molecule has 2 saturated carbocycles. The van der Waals surface area contributed by atoms with E-state index in [1.54, 1.807) is 0 Å². The molecule has 4 heterocycles. The van der Waals surface area contributed by atoms with Crippen LogP contribution in [0.15, 0.2) is 18.7 Å². The molecule has 1 aromatic heterocycles. The number of likely N-dealkylation sites (tertiary alicyclic amines) is 1. The lowest BCUT2D eigenvalue weighted by Crippen LogP contribution is -2.66. The van der Waals surface area contributed by atoms with Crippen LogP contribution in [0.4, 0.5) is 11.5 Å². The largest absolute Gasteiger partial charge is 0.398 e. The summed E-state index contributed by atoms with van der Waals surface area (Å²) in [5.74, 6) is 0.996. The molecule has 2 aromatic rings. The van der Waals surface area contributed by atoms with Crippen molar-refractivity contribution >= 4 is 35.2 Å². The number of nitrogens with one attached hydrogen (secondary N) is 1. The number of carbonyl (C=O) groups excluding carboxylic acids is 1. The van der Waals surface area contributed by atoms with Gasteiger partial charge in [-0.15, -0.1) is 0 Å². The zero-order chi connectivity index (χ0) is 29.4. The molecule has 1 aromatic carbocycles. The van der Waals surface area contributed by atoms with E-state index in [9.17, 15) is 4.79 Å². The Labute approximate surface area is 253 Å². The van der Waals surface area contributed by atoms with Crippen molar-refractivity contribution in [2.45, 2.75) is 70.0 Å². The van der Waals surface area contributed by atoms with E-state index in [0.717, 1.165) is 99.8 Å². The second kappa shape index (κ2) is 10.1. The lowest BCUT2D eigenvalue weighted by Gasteiger charge is -2.58. The van der Waals surface area contributed by atoms with Gasteiger partial charge in [0.05, 0.1) is 35.9 Å². The minimum absolute atomic E-state index is 0.0151. The molecule has 0 unspecified atom stereocenters. The second-order valence-corrected chi connectivity index (χ2v) is 13.8. The number of anilines is 2. The average Bonchev–Trinajstić information content (AvgIpc) is 3.48. The number of piperazine rings is 1. The van der Waals surface area contributed by atoms with E-state index < -0.39 is 0 Å². The highest BCUT2D eigenvalue weighted by atomic mass is 35.5. The van der Waals surface area contributed by atoms with Gasteiger partial charge in [-0.3, -0.25) is 14.4 Å². The number of ether oxygens (including phenoxy) is 1. The van der Waals surface area contributed by atoms with Crippen molar-refractivity contribution in [1.29, 1.82) is 5.41 Å². The minimum atomic E-state index is 0.0151. The van der Waals surface area contributed by atoms with Crippen LogP contribution in [0, 0.1) is 24.7 Å². The first-order valence-electron chi connectivity index (χ1n) is 15.4. The first-order valence-corrected chi connectivity index (χ1v) is 15.8. The Kier molecular flexibility index (Phi) is 6.71. The van der Waals surface area contributed by atoms with E-state index >= 15 is 0 Å². The molecule has 9 nitrogen and oxygen atoms in total. The van der Waals surface area contributed by atoms with Gasteiger partial charge in [-0.1, -0.05) is 31.0 Å². The fraction of sp³-hybridized carbons (Fsp3) is 0.594. The molecular weight excluding hydrogens is 550 g/mol. The maximum Gasteiger partial charge on any atom is 0.245 e. The van der Waals surface area contributed by atoms with Crippen LogP contribution >= 0.6 is 11.6 Å². The number of rotatable bonds is 6. The van der Waals surface area contributed by atoms with Crippen LogP contribution in [0.1, 0.15) is 61.4 Å². The number of aryl methyl sites for hydroxylation is 1. The summed E-state index contributed by atoms with van der Waals surface area (Å²) in [7, 11) is 0. The molecule has 224 valence electrons. The highest BCUT2D eigenvalue weighted by Crippen LogP contribution is 2.56. The van der Waals surface area contributed by atoms with Crippen molar-refractivity contribution in [3.63, 3.8) is 0 Å². The van der Waals surface area contributed by atoms with Crippen LogP contribution < -0.4 is 10.6 Å². The molecule has 0 bridgehead atoms. The number of halogens is 1. The molecule has 0 radical (unpaired) electrons. The Morgan fingerprint density at radius 2 is 1.86 bits per heavy atom. The summed E-state index contributed by atoms with van der Waals surface area (Å²) in [6, 6.07) is 2.64. The van der Waals surface area contributed by atoms with Crippen LogP contribution in [0.2, 0.25) is 5.02 Å². The standard InChI is InChI=1S/C32H42ClN7O2/c1-4-26(41)38-17-31(18-38)12-22(13-31)40-21(3)27(28-24(14-34)25(35)11-20(2)29(28)33)30(36-40)39-10-9-37(23-15-42-16-23)19-32(39)7-5-6-8-32/h4,11,14,22-23,34H,1,5-10,12-13,15-19,35H2,2-3H3. The van der Waals surface area contributed by atoms with Gasteiger partial charge in [-0.05, 0) is 57.2 Å². The highest BCUT2D eigenvalue weighted by Gasteiger charge is 2.55. The molecule has 0 atom stereocenters. The van der Waals surface area contributed by atoms with Crippen LogP contribution in [0.5, 0.6) is 0 Å². The van der Waals surface area contributed by atoms with Crippen molar-refractivity contribution in [3.05, 3.63) is 40.6 Å². The summed E-state index contributed by atoms with van der Waals surface area (Å²) in [6.45, 7) is 13.9. The van der Waals surface area contributed by atoms with Gasteiger partial charge < -0.3 is 25.7 Å². The van der Waals surface area contributed by atoms with Crippen LogP contribution in [-0.2, 0) is 9.53 Å². The molecule has 5 fully saturated rings. The Morgan fingerprint density at radius 1 is 1.14 bits per heavy atom. The molecule has 3 N–H and O–H groups in total. The smallest absolute Gasteiger partial charge is 0.245 e. The SMILES string of the molecule is C=CC(=O)N1CC2(CC(n3nc(N4CCN(C5COC5)CC45CCCC5)c(-c4c(Cl)c(C)cc(N)c4C=N)c3C)C2)C1. The Balaban J connectivity index is 1.30. The zero-order valence-electron chi connectivity index (χ0n) is 24.8. The number of benzene rings is 1. The lowest BCUT2D eigenvalue weighted by atomic mass is 9.60. The maximum absolute atomic E-state index is 12.1. The number of nitrogens with zero attached hydrogens (tertiary/aromatic N) is 5. The number of carbonyl (C=O) groups is 1. The maximum atomic E-state index is 12.1. The summed E-state index contributed by atoms with van der Waals surface area (Å²) in [6.07, 6.45) is 9.47. The molecule has 3 saturated heterocycles. The van der Waals surface area contributed by atoms with Crippen LogP contribution in [0.3, 0.4) is 0 Å². The van der Waals surface area contributed by atoms with Gasteiger partial charge in [0, 0.05) is 72.4 Å². The third-order valence-corrected chi connectivity index (χ3v) is 11.4. The normalized spacial score (nSPS) is 23.6.